The predicted octanol–water partition coefficient (Wildman–Crippen LogP) is 1.40. The average molecular weight is 229 g/mol. The minimum absolute atomic E-state index is 0.550. The Morgan fingerprint density at radius 2 is 1.93 bits per heavy atom. The Balaban J connectivity index is 3.29. The lowest BCUT2D eigenvalue weighted by molar-refractivity contribution is 0.415. The molecule has 1 rings (SSSR count). The molecule has 0 bridgehead atoms. The van der Waals surface area contributed by atoms with Crippen molar-refractivity contribution in [2.75, 3.05) is 24.7 Å². The van der Waals surface area contributed by atoms with Gasteiger partial charge in [0.1, 0.15) is 5.75 Å². The van der Waals surface area contributed by atoms with Crippen LogP contribution in [0.15, 0.2) is 18.2 Å². The first-order valence-electron chi connectivity index (χ1n) is 4.45. The Labute approximate surface area is 90.5 Å². The van der Waals surface area contributed by atoms with Gasteiger partial charge in [0.2, 0.25) is 10.0 Å². The number of aryl methyl sites for hydroxylation is 1. The second-order valence-corrected chi connectivity index (χ2v) is 5.42. The van der Waals surface area contributed by atoms with Crippen molar-refractivity contribution in [3.8, 4) is 5.75 Å². The van der Waals surface area contributed by atoms with Crippen LogP contribution in [0, 0.1) is 6.92 Å². The second kappa shape index (κ2) is 4.10. The molecule has 0 heterocycles. The summed E-state index contributed by atoms with van der Waals surface area (Å²) in [6, 6.07) is 5.41. The smallest absolute Gasteiger partial charge is 0.232 e. The Hall–Kier alpha value is -1.23. The summed E-state index contributed by atoms with van der Waals surface area (Å²) in [5.41, 5.74) is 1.54. The molecule has 0 aromatic heterocycles. The molecule has 0 radical (unpaired) electrons. The standard InChI is InChI=1S/C10H15NO3S/c1-8-5-6-10(14-3)9(7-8)11(2)15(4,12)13/h5-7H,1-4H3. The summed E-state index contributed by atoms with van der Waals surface area (Å²) >= 11 is 0. The number of benzene rings is 1. The Morgan fingerprint density at radius 3 is 2.40 bits per heavy atom. The van der Waals surface area contributed by atoms with Crippen LogP contribution in [0.4, 0.5) is 5.69 Å². The first-order valence-corrected chi connectivity index (χ1v) is 6.29. The van der Waals surface area contributed by atoms with Gasteiger partial charge >= 0.3 is 0 Å². The van der Waals surface area contributed by atoms with Gasteiger partial charge in [-0.2, -0.15) is 0 Å². The SMILES string of the molecule is COc1ccc(C)cc1N(C)S(C)(=O)=O. The summed E-state index contributed by atoms with van der Waals surface area (Å²) in [6.07, 6.45) is 1.16. The van der Waals surface area contributed by atoms with Gasteiger partial charge in [0.05, 0.1) is 19.1 Å². The topological polar surface area (TPSA) is 46.6 Å². The monoisotopic (exact) mass is 229 g/mol. The van der Waals surface area contributed by atoms with Crippen LogP contribution >= 0.6 is 0 Å². The van der Waals surface area contributed by atoms with Crippen molar-refractivity contribution in [3.63, 3.8) is 0 Å². The minimum Gasteiger partial charge on any atom is -0.495 e. The van der Waals surface area contributed by atoms with Crippen LogP contribution in [0.3, 0.4) is 0 Å². The molecule has 0 spiro atoms. The second-order valence-electron chi connectivity index (χ2n) is 3.41. The molecule has 15 heavy (non-hydrogen) atoms. The maximum Gasteiger partial charge on any atom is 0.232 e. The maximum atomic E-state index is 11.4. The maximum absolute atomic E-state index is 11.4. The van der Waals surface area contributed by atoms with Crippen molar-refractivity contribution in [1.29, 1.82) is 0 Å². The summed E-state index contributed by atoms with van der Waals surface area (Å²) < 4.78 is 29.1. The molecule has 0 aliphatic rings. The van der Waals surface area contributed by atoms with Gasteiger partial charge < -0.3 is 4.74 Å². The molecule has 4 nitrogen and oxygen atoms in total. The van der Waals surface area contributed by atoms with E-state index in [1.807, 2.05) is 13.0 Å². The van der Waals surface area contributed by atoms with E-state index in [0.717, 1.165) is 11.8 Å². The quantitative estimate of drug-likeness (QED) is 0.787. The first-order chi connectivity index (χ1) is 6.86. The predicted molar refractivity (Wildman–Crippen MR) is 61.0 cm³/mol. The summed E-state index contributed by atoms with van der Waals surface area (Å²) in [4.78, 5) is 0. The molecule has 0 aliphatic heterocycles. The molecule has 0 saturated heterocycles. The molecular formula is C10H15NO3S. The highest BCUT2D eigenvalue weighted by molar-refractivity contribution is 7.92. The summed E-state index contributed by atoms with van der Waals surface area (Å²) in [5.74, 6) is 0.550. The third-order valence-corrected chi connectivity index (χ3v) is 3.36. The van der Waals surface area contributed by atoms with Gasteiger partial charge in [-0.1, -0.05) is 6.07 Å². The van der Waals surface area contributed by atoms with E-state index in [-0.39, 0.29) is 0 Å². The zero-order chi connectivity index (χ0) is 11.6. The summed E-state index contributed by atoms with van der Waals surface area (Å²) in [6.45, 7) is 1.90. The Morgan fingerprint density at radius 1 is 1.33 bits per heavy atom. The molecule has 0 saturated carbocycles. The van der Waals surface area contributed by atoms with Crippen LogP contribution < -0.4 is 9.04 Å². The van der Waals surface area contributed by atoms with Crippen LogP contribution in [0.2, 0.25) is 0 Å². The van der Waals surface area contributed by atoms with E-state index in [1.165, 1.54) is 18.5 Å². The Kier molecular flexibility index (Phi) is 3.24. The number of nitrogens with zero attached hydrogens (tertiary/aromatic N) is 1. The molecule has 0 unspecified atom stereocenters. The summed E-state index contributed by atoms with van der Waals surface area (Å²) in [5, 5.41) is 0. The summed E-state index contributed by atoms with van der Waals surface area (Å²) in [7, 11) is -0.227. The fraction of sp³-hybridized carbons (Fsp3) is 0.400. The van der Waals surface area contributed by atoms with Gasteiger partial charge in [-0.3, -0.25) is 4.31 Å². The lowest BCUT2D eigenvalue weighted by Gasteiger charge is -2.19. The van der Waals surface area contributed by atoms with E-state index in [4.69, 9.17) is 4.74 Å². The van der Waals surface area contributed by atoms with Crippen molar-refractivity contribution in [3.05, 3.63) is 23.8 Å². The van der Waals surface area contributed by atoms with Gasteiger partial charge in [0, 0.05) is 7.05 Å². The van der Waals surface area contributed by atoms with E-state index >= 15 is 0 Å². The molecule has 5 heteroatoms. The van der Waals surface area contributed by atoms with E-state index in [1.54, 1.807) is 12.1 Å². The number of ether oxygens (including phenoxy) is 1. The highest BCUT2D eigenvalue weighted by Crippen LogP contribution is 2.29. The van der Waals surface area contributed by atoms with E-state index in [9.17, 15) is 8.42 Å². The normalized spacial score (nSPS) is 11.2. The minimum atomic E-state index is -3.25. The Bertz CT molecular complexity index is 454. The fourth-order valence-electron chi connectivity index (χ4n) is 1.22. The fourth-order valence-corrected chi connectivity index (χ4v) is 1.72. The van der Waals surface area contributed by atoms with Crippen LogP contribution in [0.5, 0.6) is 5.75 Å². The molecule has 0 aliphatic carbocycles. The van der Waals surface area contributed by atoms with Gasteiger partial charge in [0.25, 0.3) is 0 Å². The molecular weight excluding hydrogens is 214 g/mol. The molecule has 0 fully saturated rings. The molecule has 0 N–H and O–H groups in total. The number of hydrogen-bond acceptors (Lipinski definition) is 3. The third-order valence-electron chi connectivity index (χ3n) is 2.17. The van der Waals surface area contributed by atoms with Crippen LogP contribution in [-0.2, 0) is 10.0 Å². The van der Waals surface area contributed by atoms with Crippen molar-refractivity contribution >= 4 is 15.7 Å². The van der Waals surface area contributed by atoms with E-state index in [0.29, 0.717) is 11.4 Å². The van der Waals surface area contributed by atoms with Gasteiger partial charge in [0.15, 0.2) is 0 Å². The van der Waals surface area contributed by atoms with Crippen molar-refractivity contribution in [2.45, 2.75) is 6.92 Å². The lowest BCUT2D eigenvalue weighted by atomic mass is 10.2. The van der Waals surface area contributed by atoms with Crippen molar-refractivity contribution in [2.24, 2.45) is 0 Å². The largest absolute Gasteiger partial charge is 0.495 e. The van der Waals surface area contributed by atoms with Crippen LogP contribution in [0.1, 0.15) is 5.56 Å². The van der Waals surface area contributed by atoms with Crippen LogP contribution in [0.25, 0.3) is 0 Å². The zero-order valence-electron chi connectivity index (χ0n) is 9.31. The highest BCUT2D eigenvalue weighted by Gasteiger charge is 2.16. The number of anilines is 1. The van der Waals surface area contributed by atoms with Crippen LogP contribution in [-0.4, -0.2) is 28.8 Å². The molecule has 1 aromatic carbocycles. The van der Waals surface area contributed by atoms with E-state index in [2.05, 4.69) is 0 Å². The van der Waals surface area contributed by atoms with Gasteiger partial charge in [-0.15, -0.1) is 0 Å². The zero-order valence-corrected chi connectivity index (χ0v) is 10.1. The number of sulfonamides is 1. The molecule has 84 valence electrons. The molecule has 0 amide bonds. The number of rotatable bonds is 3. The third kappa shape index (κ3) is 2.62. The molecule has 0 atom stereocenters. The van der Waals surface area contributed by atoms with Crippen molar-refractivity contribution in [1.82, 2.24) is 0 Å². The lowest BCUT2D eigenvalue weighted by Crippen LogP contribution is -2.25. The van der Waals surface area contributed by atoms with Gasteiger partial charge in [-0.05, 0) is 24.6 Å². The highest BCUT2D eigenvalue weighted by atomic mass is 32.2. The van der Waals surface area contributed by atoms with E-state index < -0.39 is 10.0 Å². The van der Waals surface area contributed by atoms with Crippen molar-refractivity contribution < 1.29 is 13.2 Å². The first kappa shape index (κ1) is 11.8. The van der Waals surface area contributed by atoms with Gasteiger partial charge in [-0.25, -0.2) is 8.42 Å². The molecule has 1 aromatic rings. The average Bonchev–Trinajstić information content (AvgIpc) is 2.15. The number of hydrogen-bond donors (Lipinski definition) is 0. The number of methoxy groups -OCH3 is 1.